The largest absolute Gasteiger partial charge is 0.417 e. The molecule has 0 aromatic heterocycles. The number of hydrogen-bond acceptors (Lipinski definition) is 2. The Morgan fingerprint density at radius 1 is 1.22 bits per heavy atom. The van der Waals surface area contributed by atoms with Crippen molar-refractivity contribution in [2.75, 3.05) is 6.54 Å². The molecule has 0 saturated carbocycles. The van der Waals surface area contributed by atoms with Gasteiger partial charge in [0.25, 0.3) is 0 Å². The summed E-state index contributed by atoms with van der Waals surface area (Å²) >= 11 is 0. The summed E-state index contributed by atoms with van der Waals surface area (Å²) in [6.07, 6.45) is 8.76. The molecule has 0 saturated heterocycles. The molecule has 2 nitrogen and oxygen atoms in total. The Balaban J connectivity index is 2.15. The Bertz CT molecular complexity index is 80.9. The maximum absolute atomic E-state index is 4.92. The fourth-order valence-electron chi connectivity index (χ4n) is 0.859. The standard InChI is InChI=1S/C7H13NO/c1-2-4-6-8-9-7-5-3-1/h5,7-8H,1-4,6H2. The lowest BCUT2D eigenvalue weighted by atomic mass is 10.2. The average molecular weight is 127 g/mol. The van der Waals surface area contributed by atoms with Gasteiger partial charge in [0.2, 0.25) is 0 Å². The van der Waals surface area contributed by atoms with E-state index in [2.05, 4.69) is 11.6 Å². The number of rotatable bonds is 0. The summed E-state index contributed by atoms with van der Waals surface area (Å²) in [5.41, 5.74) is 2.84. The van der Waals surface area contributed by atoms with Crippen molar-refractivity contribution in [1.82, 2.24) is 5.48 Å². The van der Waals surface area contributed by atoms with Gasteiger partial charge in [-0.05, 0) is 25.3 Å². The molecule has 0 amide bonds. The highest BCUT2D eigenvalue weighted by molar-refractivity contribution is 4.73. The van der Waals surface area contributed by atoms with Crippen LogP contribution in [0.3, 0.4) is 0 Å². The van der Waals surface area contributed by atoms with Gasteiger partial charge in [0.05, 0.1) is 0 Å². The lowest BCUT2D eigenvalue weighted by Gasteiger charge is -1.98. The smallest absolute Gasteiger partial charge is 0.107 e. The molecule has 1 heterocycles. The molecule has 0 aliphatic carbocycles. The van der Waals surface area contributed by atoms with Crippen LogP contribution < -0.4 is 5.48 Å². The highest BCUT2D eigenvalue weighted by Crippen LogP contribution is 2.01. The van der Waals surface area contributed by atoms with Crippen LogP contribution in [-0.4, -0.2) is 6.54 Å². The van der Waals surface area contributed by atoms with E-state index in [1.165, 1.54) is 19.3 Å². The first kappa shape index (κ1) is 6.62. The van der Waals surface area contributed by atoms with Crippen LogP contribution in [0.25, 0.3) is 0 Å². The molecular weight excluding hydrogens is 114 g/mol. The van der Waals surface area contributed by atoms with E-state index in [-0.39, 0.29) is 0 Å². The second kappa shape index (κ2) is 4.39. The summed E-state index contributed by atoms with van der Waals surface area (Å²) in [7, 11) is 0. The first-order chi connectivity index (χ1) is 4.50. The monoisotopic (exact) mass is 127 g/mol. The van der Waals surface area contributed by atoms with E-state index >= 15 is 0 Å². The van der Waals surface area contributed by atoms with Gasteiger partial charge < -0.3 is 4.84 Å². The van der Waals surface area contributed by atoms with E-state index in [0.717, 1.165) is 13.0 Å². The van der Waals surface area contributed by atoms with Crippen molar-refractivity contribution in [1.29, 1.82) is 0 Å². The van der Waals surface area contributed by atoms with Crippen molar-refractivity contribution < 1.29 is 4.84 Å². The maximum atomic E-state index is 4.92. The van der Waals surface area contributed by atoms with E-state index < -0.39 is 0 Å². The lowest BCUT2D eigenvalue weighted by molar-refractivity contribution is 0.134. The lowest BCUT2D eigenvalue weighted by Crippen LogP contribution is -2.11. The number of allylic oxidation sites excluding steroid dienone is 1. The second-order valence-electron chi connectivity index (χ2n) is 2.23. The Labute approximate surface area is 55.9 Å². The summed E-state index contributed by atoms with van der Waals surface area (Å²) in [6.45, 7) is 0.977. The third-order valence-corrected chi connectivity index (χ3v) is 1.40. The Morgan fingerprint density at radius 2 is 2.22 bits per heavy atom. The van der Waals surface area contributed by atoms with Gasteiger partial charge in [0.1, 0.15) is 6.26 Å². The molecule has 1 N–H and O–H groups in total. The first-order valence-electron chi connectivity index (χ1n) is 3.53. The third kappa shape index (κ3) is 3.14. The SMILES string of the molecule is C1=CONCCCCC1. The van der Waals surface area contributed by atoms with Crippen LogP contribution in [0.4, 0.5) is 0 Å². The minimum atomic E-state index is 0.977. The van der Waals surface area contributed by atoms with Crippen molar-refractivity contribution in [3.63, 3.8) is 0 Å². The van der Waals surface area contributed by atoms with Crippen molar-refractivity contribution in [2.24, 2.45) is 0 Å². The second-order valence-corrected chi connectivity index (χ2v) is 2.23. The van der Waals surface area contributed by atoms with Crippen LogP contribution in [0.15, 0.2) is 12.3 Å². The summed E-state index contributed by atoms with van der Waals surface area (Å²) in [5, 5.41) is 0. The minimum absolute atomic E-state index is 0.977. The highest BCUT2D eigenvalue weighted by atomic mass is 16.6. The van der Waals surface area contributed by atoms with E-state index in [1.807, 2.05) is 0 Å². The van der Waals surface area contributed by atoms with Gasteiger partial charge >= 0.3 is 0 Å². The van der Waals surface area contributed by atoms with Crippen LogP contribution in [0.2, 0.25) is 0 Å². The third-order valence-electron chi connectivity index (χ3n) is 1.40. The van der Waals surface area contributed by atoms with E-state index in [9.17, 15) is 0 Å². The molecule has 0 spiro atoms. The molecule has 0 unspecified atom stereocenters. The number of hydrogen-bond donors (Lipinski definition) is 1. The van der Waals surface area contributed by atoms with Crippen molar-refractivity contribution in [2.45, 2.75) is 25.7 Å². The summed E-state index contributed by atoms with van der Waals surface area (Å²) in [5.74, 6) is 0. The van der Waals surface area contributed by atoms with E-state index in [4.69, 9.17) is 4.84 Å². The number of nitrogens with one attached hydrogen (secondary N) is 1. The van der Waals surface area contributed by atoms with Crippen LogP contribution in [-0.2, 0) is 4.84 Å². The van der Waals surface area contributed by atoms with Gasteiger partial charge in [-0.25, -0.2) is 0 Å². The molecule has 0 radical (unpaired) electrons. The Morgan fingerprint density at radius 3 is 3.22 bits per heavy atom. The maximum Gasteiger partial charge on any atom is 0.107 e. The van der Waals surface area contributed by atoms with Crippen molar-refractivity contribution >= 4 is 0 Å². The van der Waals surface area contributed by atoms with Gasteiger partial charge in [-0.15, -0.1) is 0 Å². The van der Waals surface area contributed by atoms with Gasteiger partial charge in [-0.2, -0.15) is 5.48 Å². The van der Waals surface area contributed by atoms with E-state index in [1.54, 1.807) is 6.26 Å². The summed E-state index contributed by atoms with van der Waals surface area (Å²) < 4.78 is 0. The van der Waals surface area contributed by atoms with Gasteiger partial charge in [-0.3, -0.25) is 0 Å². The molecule has 0 atom stereocenters. The normalized spacial score (nSPS) is 21.3. The average Bonchev–Trinajstić information content (AvgIpc) is 2.00. The molecule has 52 valence electrons. The fraction of sp³-hybridized carbons (Fsp3) is 0.714. The van der Waals surface area contributed by atoms with Gasteiger partial charge in [-0.1, -0.05) is 6.42 Å². The molecule has 0 aromatic carbocycles. The van der Waals surface area contributed by atoms with Gasteiger partial charge in [0.15, 0.2) is 0 Å². The van der Waals surface area contributed by atoms with Crippen molar-refractivity contribution in [3.05, 3.63) is 12.3 Å². The minimum Gasteiger partial charge on any atom is -0.417 e. The molecule has 9 heavy (non-hydrogen) atoms. The number of hydroxylamine groups is 1. The summed E-state index contributed by atoms with van der Waals surface area (Å²) in [6, 6.07) is 0. The molecular formula is C7H13NO. The molecule has 0 fully saturated rings. The zero-order chi connectivity index (χ0) is 6.36. The zero-order valence-electron chi connectivity index (χ0n) is 5.60. The quantitative estimate of drug-likeness (QED) is 0.533. The Kier molecular flexibility index (Phi) is 3.22. The van der Waals surface area contributed by atoms with Crippen LogP contribution in [0, 0.1) is 0 Å². The van der Waals surface area contributed by atoms with E-state index in [0.29, 0.717) is 0 Å². The molecule has 1 aliphatic rings. The van der Waals surface area contributed by atoms with Crippen LogP contribution in [0.5, 0.6) is 0 Å². The molecule has 0 aromatic rings. The zero-order valence-corrected chi connectivity index (χ0v) is 5.60. The topological polar surface area (TPSA) is 21.3 Å². The predicted molar refractivity (Wildman–Crippen MR) is 36.7 cm³/mol. The molecule has 0 bridgehead atoms. The first-order valence-corrected chi connectivity index (χ1v) is 3.53. The molecule has 2 heteroatoms. The van der Waals surface area contributed by atoms with Crippen LogP contribution >= 0.6 is 0 Å². The van der Waals surface area contributed by atoms with Gasteiger partial charge in [0, 0.05) is 6.54 Å². The van der Waals surface area contributed by atoms with Crippen molar-refractivity contribution in [3.8, 4) is 0 Å². The Hall–Kier alpha value is -0.500. The fourth-order valence-corrected chi connectivity index (χ4v) is 0.859. The molecule has 1 rings (SSSR count). The predicted octanol–water partition coefficient (Wildman–Crippen LogP) is 1.60. The highest BCUT2D eigenvalue weighted by Gasteiger charge is 1.89. The molecule has 1 aliphatic heterocycles. The van der Waals surface area contributed by atoms with Crippen LogP contribution in [0.1, 0.15) is 25.7 Å². The summed E-state index contributed by atoms with van der Waals surface area (Å²) in [4.78, 5) is 4.92.